The molecule has 2 rings (SSSR count). The molecule has 1 saturated heterocycles. The Hall–Kier alpha value is -0.630. The lowest BCUT2D eigenvalue weighted by atomic mass is 9.87. The minimum absolute atomic E-state index is 0.238. The number of nitrogens with one attached hydrogen (secondary N) is 1. The highest BCUT2D eigenvalue weighted by Gasteiger charge is 2.42. The Morgan fingerprint density at radius 1 is 1.25 bits per heavy atom. The highest BCUT2D eigenvalue weighted by atomic mass is 32.1. The third-order valence-corrected chi connectivity index (χ3v) is 4.86. The number of halogens is 3. The lowest BCUT2D eigenvalue weighted by molar-refractivity contribution is -0.138. The van der Waals surface area contributed by atoms with Gasteiger partial charge in [0.2, 0.25) is 0 Å². The molecule has 3 N–H and O–H groups in total. The molecule has 2 heterocycles. The SMILES string of the molecule is CC(C)(C(NN)c1cscc1C(F)(F)F)N1CCCC1. The maximum absolute atomic E-state index is 13.1. The van der Waals surface area contributed by atoms with Gasteiger partial charge in [0, 0.05) is 10.9 Å². The molecule has 1 aromatic rings. The smallest absolute Gasteiger partial charge is 0.296 e. The topological polar surface area (TPSA) is 41.3 Å². The summed E-state index contributed by atoms with van der Waals surface area (Å²) in [5, 5.41) is 2.70. The number of thiophene rings is 1. The predicted molar refractivity (Wildman–Crippen MR) is 74.3 cm³/mol. The number of nitrogens with two attached hydrogens (primary N) is 1. The minimum Gasteiger partial charge on any atom is -0.296 e. The second-order valence-electron chi connectivity index (χ2n) is 5.69. The molecule has 3 nitrogen and oxygen atoms in total. The molecule has 0 aromatic carbocycles. The molecule has 0 spiro atoms. The summed E-state index contributed by atoms with van der Waals surface area (Å²) >= 11 is 1.06. The van der Waals surface area contributed by atoms with Crippen LogP contribution in [0, 0.1) is 0 Å². The fourth-order valence-corrected chi connectivity index (χ4v) is 3.79. The molecule has 0 bridgehead atoms. The molecule has 0 amide bonds. The molecule has 1 aromatic heterocycles. The number of hydrogen-bond acceptors (Lipinski definition) is 4. The average Bonchev–Trinajstić information content (AvgIpc) is 2.99. The van der Waals surface area contributed by atoms with Crippen LogP contribution in [-0.4, -0.2) is 23.5 Å². The predicted octanol–water partition coefficient (Wildman–Crippen LogP) is 3.15. The lowest BCUT2D eigenvalue weighted by Crippen LogP contribution is -2.53. The Labute approximate surface area is 120 Å². The van der Waals surface area contributed by atoms with Crippen LogP contribution >= 0.6 is 11.3 Å². The maximum Gasteiger partial charge on any atom is 0.417 e. The number of hydrogen-bond donors (Lipinski definition) is 2. The summed E-state index contributed by atoms with van der Waals surface area (Å²) in [5.74, 6) is 5.59. The van der Waals surface area contributed by atoms with Gasteiger partial charge in [0.15, 0.2) is 0 Å². The fourth-order valence-electron chi connectivity index (χ4n) is 2.91. The van der Waals surface area contributed by atoms with Crippen LogP contribution in [0.25, 0.3) is 0 Å². The molecule has 0 saturated carbocycles. The second-order valence-corrected chi connectivity index (χ2v) is 6.43. The Balaban J connectivity index is 2.35. The van der Waals surface area contributed by atoms with Gasteiger partial charge in [-0.1, -0.05) is 0 Å². The van der Waals surface area contributed by atoms with Crippen molar-refractivity contribution in [3.63, 3.8) is 0 Å². The van der Waals surface area contributed by atoms with Gasteiger partial charge in [-0.3, -0.25) is 16.2 Å². The van der Waals surface area contributed by atoms with Crippen LogP contribution in [-0.2, 0) is 6.18 Å². The normalized spacial score (nSPS) is 19.5. The summed E-state index contributed by atoms with van der Waals surface area (Å²) in [6.45, 7) is 5.69. The van der Waals surface area contributed by atoms with E-state index >= 15 is 0 Å². The summed E-state index contributed by atoms with van der Waals surface area (Å²) < 4.78 is 39.2. The molecule has 20 heavy (non-hydrogen) atoms. The van der Waals surface area contributed by atoms with E-state index in [-0.39, 0.29) is 5.56 Å². The van der Waals surface area contributed by atoms with E-state index in [1.165, 1.54) is 0 Å². The zero-order valence-corrected chi connectivity index (χ0v) is 12.4. The van der Waals surface area contributed by atoms with Crippen LogP contribution < -0.4 is 11.3 Å². The van der Waals surface area contributed by atoms with Crippen molar-refractivity contribution in [3.8, 4) is 0 Å². The summed E-state index contributed by atoms with van der Waals surface area (Å²) in [5.41, 5.74) is 1.79. The lowest BCUT2D eigenvalue weighted by Gasteiger charge is -2.42. The second kappa shape index (κ2) is 5.63. The largest absolute Gasteiger partial charge is 0.417 e. The zero-order chi connectivity index (χ0) is 15.0. The highest BCUT2D eigenvalue weighted by Crippen LogP contribution is 2.41. The summed E-state index contributed by atoms with van der Waals surface area (Å²) in [6, 6.07) is -0.552. The number of nitrogens with zero attached hydrogens (tertiary/aromatic N) is 1. The van der Waals surface area contributed by atoms with Crippen LogP contribution in [0.3, 0.4) is 0 Å². The first-order valence-corrected chi connectivity index (χ1v) is 7.57. The van der Waals surface area contributed by atoms with Crippen molar-refractivity contribution in [2.75, 3.05) is 13.1 Å². The number of hydrazine groups is 1. The van der Waals surface area contributed by atoms with Crippen molar-refractivity contribution in [2.24, 2.45) is 5.84 Å². The number of alkyl halides is 3. The van der Waals surface area contributed by atoms with Crippen LogP contribution in [0.2, 0.25) is 0 Å². The first-order chi connectivity index (χ1) is 9.28. The number of likely N-dealkylation sites (tertiary alicyclic amines) is 1. The summed E-state index contributed by atoms with van der Waals surface area (Å²) in [4.78, 5) is 2.20. The van der Waals surface area contributed by atoms with Gasteiger partial charge in [0.05, 0.1) is 11.6 Å². The fraction of sp³-hybridized carbons (Fsp3) is 0.692. The third kappa shape index (κ3) is 2.86. The third-order valence-electron chi connectivity index (χ3n) is 4.10. The van der Waals surface area contributed by atoms with E-state index in [9.17, 15) is 13.2 Å². The van der Waals surface area contributed by atoms with Gasteiger partial charge in [-0.05, 0) is 50.7 Å². The van der Waals surface area contributed by atoms with Crippen LogP contribution in [0.1, 0.15) is 43.9 Å². The highest BCUT2D eigenvalue weighted by molar-refractivity contribution is 7.08. The van der Waals surface area contributed by atoms with E-state index in [4.69, 9.17) is 5.84 Å². The van der Waals surface area contributed by atoms with Crippen LogP contribution in [0.15, 0.2) is 10.8 Å². The molecule has 7 heteroatoms. The van der Waals surface area contributed by atoms with E-state index in [0.29, 0.717) is 0 Å². The standard InChI is InChI=1S/C13H20F3N3S/c1-12(2,19-5-3-4-6-19)11(18-17)9-7-20-8-10(9)13(14,15)16/h7-8,11,18H,3-6,17H2,1-2H3. The summed E-state index contributed by atoms with van der Waals surface area (Å²) in [6.07, 6.45) is -2.18. The molecule has 1 fully saturated rings. The van der Waals surface area contributed by atoms with Gasteiger partial charge >= 0.3 is 6.18 Å². The van der Waals surface area contributed by atoms with Crippen molar-refractivity contribution in [3.05, 3.63) is 21.9 Å². The summed E-state index contributed by atoms with van der Waals surface area (Å²) in [7, 11) is 0. The molecule has 1 atom stereocenters. The average molecular weight is 307 g/mol. The van der Waals surface area contributed by atoms with Crippen LogP contribution in [0.4, 0.5) is 13.2 Å². The van der Waals surface area contributed by atoms with Gasteiger partial charge in [-0.15, -0.1) is 0 Å². The van der Waals surface area contributed by atoms with E-state index in [2.05, 4.69) is 10.3 Å². The van der Waals surface area contributed by atoms with Crippen molar-refractivity contribution in [1.82, 2.24) is 10.3 Å². The zero-order valence-electron chi connectivity index (χ0n) is 11.6. The van der Waals surface area contributed by atoms with E-state index in [1.54, 1.807) is 5.38 Å². The maximum atomic E-state index is 13.1. The quantitative estimate of drug-likeness (QED) is 0.663. The van der Waals surface area contributed by atoms with Gasteiger partial charge < -0.3 is 0 Å². The van der Waals surface area contributed by atoms with Crippen molar-refractivity contribution >= 4 is 11.3 Å². The van der Waals surface area contributed by atoms with Crippen LogP contribution in [0.5, 0.6) is 0 Å². The Bertz CT molecular complexity index is 450. The van der Waals surface area contributed by atoms with E-state index < -0.39 is 23.3 Å². The molecule has 0 aliphatic carbocycles. The Morgan fingerprint density at radius 3 is 2.35 bits per heavy atom. The van der Waals surface area contributed by atoms with Gasteiger partial charge in [0.1, 0.15) is 0 Å². The van der Waals surface area contributed by atoms with Gasteiger partial charge in [-0.25, -0.2) is 0 Å². The molecular weight excluding hydrogens is 287 g/mol. The molecule has 1 aliphatic rings. The van der Waals surface area contributed by atoms with E-state index in [1.807, 2.05) is 13.8 Å². The molecular formula is C13H20F3N3S. The van der Waals surface area contributed by atoms with E-state index in [0.717, 1.165) is 42.6 Å². The van der Waals surface area contributed by atoms with Crippen molar-refractivity contribution < 1.29 is 13.2 Å². The van der Waals surface area contributed by atoms with Gasteiger partial charge in [-0.2, -0.15) is 24.5 Å². The monoisotopic (exact) mass is 307 g/mol. The molecule has 1 aliphatic heterocycles. The molecule has 1 unspecified atom stereocenters. The molecule has 0 radical (unpaired) electrons. The van der Waals surface area contributed by atoms with Gasteiger partial charge in [0.25, 0.3) is 0 Å². The number of rotatable bonds is 4. The Morgan fingerprint density at radius 2 is 1.85 bits per heavy atom. The first kappa shape index (κ1) is 15.8. The minimum atomic E-state index is -4.34. The first-order valence-electron chi connectivity index (χ1n) is 6.63. The molecule has 114 valence electrons. The van der Waals surface area contributed by atoms with Crippen molar-refractivity contribution in [1.29, 1.82) is 0 Å². The van der Waals surface area contributed by atoms with Crippen molar-refractivity contribution in [2.45, 2.75) is 44.4 Å². The Kier molecular flexibility index (Phi) is 4.44.